The van der Waals surface area contributed by atoms with Gasteiger partial charge in [-0.1, -0.05) is 12.1 Å². The number of hydrogen-bond donors (Lipinski definition) is 0. The summed E-state index contributed by atoms with van der Waals surface area (Å²) in [5.41, 5.74) is 0.638. The summed E-state index contributed by atoms with van der Waals surface area (Å²) in [6, 6.07) is 5.43. The van der Waals surface area contributed by atoms with Crippen LogP contribution in [0.5, 0.6) is 0 Å². The van der Waals surface area contributed by atoms with Gasteiger partial charge in [0.25, 0.3) is 0 Å². The fourth-order valence-corrected chi connectivity index (χ4v) is 2.07. The van der Waals surface area contributed by atoms with Crippen LogP contribution in [-0.4, -0.2) is 12.5 Å². The van der Waals surface area contributed by atoms with Crippen molar-refractivity contribution in [3.8, 4) is 0 Å². The van der Waals surface area contributed by atoms with Crippen LogP contribution in [0.1, 0.15) is 5.56 Å². The average Bonchev–Trinajstić information content (AvgIpc) is 1.82. The Balaban J connectivity index is 3.41. The second-order valence-corrected chi connectivity index (χ2v) is 8.73. The standard InChI is InChI=1S/C9H13F3S/c1-8-5-4-6-9(7-8)13(2,3,10,11)12/h4-7H,1-3H3. The molecule has 0 N–H and O–H groups in total. The van der Waals surface area contributed by atoms with Crippen LogP contribution in [0.4, 0.5) is 11.7 Å². The lowest BCUT2D eigenvalue weighted by Crippen LogP contribution is -2.15. The SMILES string of the molecule is Cc1cccc(S(C)(C)(F)(F)F)c1. The molecule has 1 rings (SSSR count). The minimum Gasteiger partial charge on any atom is -0.149 e. The van der Waals surface area contributed by atoms with Crippen LogP contribution in [0.2, 0.25) is 0 Å². The van der Waals surface area contributed by atoms with Gasteiger partial charge >= 0.3 is 0 Å². The molecule has 0 fully saturated rings. The van der Waals surface area contributed by atoms with E-state index in [4.69, 9.17) is 0 Å². The van der Waals surface area contributed by atoms with Crippen molar-refractivity contribution in [3.05, 3.63) is 29.8 Å². The molecule has 0 aromatic heterocycles. The third kappa shape index (κ3) is 2.66. The number of benzene rings is 1. The Bertz CT molecular complexity index is 336. The van der Waals surface area contributed by atoms with Gasteiger partial charge in [-0.2, -0.15) is 0 Å². The number of halogens is 3. The summed E-state index contributed by atoms with van der Waals surface area (Å²) in [7, 11) is -6.46. The maximum Gasteiger partial charge on any atom is 0.0701 e. The van der Waals surface area contributed by atoms with E-state index in [1.165, 1.54) is 12.1 Å². The van der Waals surface area contributed by atoms with Crippen LogP contribution in [-0.2, 0) is 0 Å². The topological polar surface area (TPSA) is 0 Å². The highest BCUT2D eigenvalue weighted by molar-refractivity contribution is 8.52. The summed E-state index contributed by atoms with van der Waals surface area (Å²) in [5.74, 6) is 0. The second kappa shape index (κ2) is 2.05. The third-order valence-corrected chi connectivity index (χ3v) is 3.46. The van der Waals surface area contributed by atoms with Crippen LogP contribution < -0.4 is 0 Å². The number of hydrogen-bond acceptors (Lipinski definition) is 0. The summed E-state index contributed by atoms with van der Waals surface area (Å²) < 4.78 is 40.4. The van der Waals surface area contributed by atoms with Crippen LogP contribution >= 0.6 is 9.45 Å². The molecule has 0 aliphatic carbocycles. The largest absolute Gasteiger partial charge is 0.149 e. The van der Waals surface area contributed by atoms with Gasteiger partial charge in [0.2, 0.25) is 0 Å². The summed E-state index contributed by atoms with van der Waals surface area (Å²) in [6.07, 6.45) is 0.795. The van der Waals surface area contributed by atoms with E-state index in [0.29, 0.717) is 18.1 Å². The van der Waals surface area contributed by atoms with Gasteiger partial charge in [-0.25, -0.2) is 0 Å². The first kappa shape index (κ1) is 10.4. The molecule has 4 heteroatoms. The van der Waals surface area contributed by atoms with Crippen molar-refractivity contribution in [2.24, 2.45) is 0 Å². The Labute approximate surface area is 75.9 Å². The summed E-state index contributed by atoms with van der Waals surface area (Å²) >= 11 is 0. The monoisotopic (exact) mass is 210 g/mol. The van der Waals surface area contributed by atoms with Crippen molar-refractivity contribution in [2.75, 3.05) is 12.5 Å². The Kier molecular flexibility index (Phi) is 1.65. The molecule has 0 unspecified atom stereocenters. The molecule has 0 heterocycles. The van der Waals surface area contributed by atoms with Crippen LogP contribution in [0, 0.1) is 6.92 Å². The van der Waals surface area contributed by atoms with Crippen LogP contribution in [0.3, 0.4) is 0 Å². The van der Waals surface area contributed by atoms with Gasteiger partial charge in [0.05, 0.1) is 14.3 Å². The molecule has 0 nitrogen and oxygen atoms in total. The molecule has 0 saturated carbocycles. The van der Waals surface area contributed by atoms with E-state index < -0.39 is 14.3 Å². The lowest BCUT2D eigenvalue weighted by molar-refractivity contribution is 0.564. The normalized spacial score (nSPS) is 17.7. The fraction of sp³-hybridized carbons (Fsp3) is 0.333. The first-order valence-electron chi connectivity index (χ1n) is 3.80. The fourth-order valence-electron chi connectivity index (χ4n) is 1.01. The van der Waals surface area contributed by atoms with Gasteiger partial charge in [-0.05, 0) is 24.6 Å². The van der Waals surface area contributed by atoms with Crippen molar-refractivity contribution in [1.82, 2.24) is 0 Å². The Hall–Kier alpha value is -0.640. The molecule has 1 aromatic carbocycles. The maximum absolute atomic E-state index is 13.5. The van der Waals surface area contributed by atoms with E-state index >= 15 is 0 Å². The summed E-state index contributed by atoms with van der Waals surface area (Å²) in [4.78, 5) is -0.500. The van der Waals surface area contributed by atoms with E-state index in [-0.39, 0.29) is 0 Å². The van der Waals surface area contributed by atoms with Crippen molar-refractivity contribution in [3.63, 3.8) is 0 Å². The molecule has 0 aliphatic rings. The molecular weight excluding hydrogens is 197 g/mol. The first-order valence-corrected chi connectivity index (χ1v) is 6.77. The van der Waals surface area contributed by atoms with E-state index in [1.54, 1.807) is 13.0 Å². The Morgan fingerprint density at radius 2 is 1.62 bits per heavy atom. The highest BCUT2D eigenvalue weighted by atomic mass is 32.4. The van der Waals surface area contributed by atoms with Crippen molar-refractivity contribution >= 4 is 9.45 Å². The Morgan fingerprint density at radius 3 is 1.92 bits per heavy atom. The molecule has 0 amide bonds. The highest BCUT2D eigenvalue weighted by Crippen LogP contribution is 2.94. The minimum atomic E-state index is -6.46. The van der Waals surface area contributed by atoms with Gasteiger partial charge in [0.15, 0.2) is 0 Å². The predicted octanol–water partition coefficient (Wildman–Crippen LogP) is 4.14. The maximum atomic E-state index is 13.5. The molecule has 0 radical (unpaired) electrons. The molecule has 0 spiro atoms. The van der Waals surface area contributed by atoms with E-state index in [9.17, 15) is 11.7 Å². The van der Waals surface area contributed by atoms with Crippen molar-refractivity contribution in [2.45, 2.75) is 11.8 Å². The van der Waals surface area contributed by atoms with E-state index in [1.807, 2.05) is 0 Å². The zero-order valence-corrected chi connectivity index (χ0v) is 8.67. The molecule has 0 saturated heterocycles. The molecule has 0 atom stereocenters. The minimum absolute atomic E-state index is 0.398. The summed E-state index contributed by atoms with van der Waals surface area (Å²) in [6.45, 7) is 1.66. The number of rotatable bonds is 1. The lowest BCUT2D eigenvalue weighted by atomic mass is 10.2. The predicted molar refractivity (Wildman–Crippen MR) is 52.2 cm³/mol. The van der Waals surface area contributed by atoms with Gasteiger partial charge in [-0.15, -0.1) is 11.7 Å². The van der Waals surface area contributed by atoms with Crippen LogP contribution in [0.15, 0.2) is 29.2 Å². The van der Waals surface area contributed by atoms with Gasteiger partial charge in [0.1, 0.15) is 0 Å². The lowest BCUT2D eigenvalue weighted by Gasteiger charge is -2.51. The molecular formula is C9H13F3S. The molecule has 76 valence electrons. The zero-order valence-electron chi connectivity index (χ0n) is 7.85. The second-order valence-electron chi connectivity index (χ2n) is 3.97. The van der Waals surface area contributed by atoms with E-state index in [0.717, 1.165) is 6.07 Å². The highest BCUT2D eigenvalue weighted by Gasteiger charge is 2.53. The molecule has 0 bridgehead atoms. The van der Waals surface area contributed by atoms with Crippen molar-refractivity contribution < 1.29 is 11.7 Å². The number of aryl methyl sites for hydroxylation is 1. The first-order chi connectivity index (χ1) is 5.49. The van der Waals surface area contributed by atoms with Crippen LogP contribution in [0.25, 0.3) is 0 Å². The Morgan fingerprint density at radius 1 is 1.08 bits per heavy atom. The third-order valence-electron chi connectivity index (χ3n) is 1.73. The van der Waals surface area contributed by atoms with Gasteiger partial charge in [-0.3, -0.25) is 0 Å². The zero-order chi connectivity index (χ0) is 10.4. The van der Waals surface area contributed by atoms with Gasteiger partial charge in [0, 0.05) is 12.5 Å². The molecule has 13 heavy (non-hydrogen) atoms. The smallest absolute Gasteiger partial charge is 0.0701 e. The average molecular weight is 210 g/mol. The molecule has 1 aromatic rings. The quantitative estimate of drug-likeness (QED) is 0.653. The van der Waals surface area contributed by atoms with Gasteiger partial charge < -0.3 is 0 Å². The van der Waals surface area contributed by atoms with Crippen molar-refractivity contribution in [1.29, 1.82) is 0 Å². The van der Waals surface area contributed by atoms with E-state index in [2.05, 4.69) is 0 Å². The summed E-state index contributed by atoms with van der Waals surface area (Å²) in [5, 5.41) is 0. The molecule has 0 aliphatic heterocycles.